The van der Waals surface area contributed by atoms with Gasteiger partial charge in [-0.05, 0) is 44.1 Å². The highest BCUT2D eigenvalue weighted by molar-refractivity contribution is 5.84. The van der Waals surface area contributed by atoms with E-state index in [-0.39, 0.29) is 29.9 Å². The van der Waals surface area contributed by atoms with Crippen molar-refractivity contribution in [3.8, 4) is 0 Å². The minimum absolute atomic E-state index is 0.0753. The van der Waals surface area contributed by atoms with Gasteiger partial charge in [0.05, 0.1) is 12.0 Å². The predicted octanol–water partition coefficient (Wildman–Crippen LogP) is 3.15. The van der Waals surface area contributed by atoms with Gasteiger partial charge < -0.3 is 9.64 Å². The van der Waals surface area contributed by atoms with E-state index in [0.29, 0.717) is 26.1 Å². The van der Waals surface area contributed by atoms with E-state index in [1.807, 2.05) is 54.3 Å². The Morgan fingerprint density at radius 2 is 2.00 bits per heavy atom. The van der Waals surface area contributed by atoms with Crippen molar-refractivity contribution in [2.24, 2.45) is 11.3 Å². The second kappa shape index (κ2) is 10.2. The molecule has 1 aromatic rings. The maximum absolute atomic E-state index is 13.3. The molecule has 2 fully saturated rings. The Kier molecular flexibility index (Phi) is 7.67. The number of nitrogens with zero attached hydrogens (tertiary/aromatic N) is 1. The molecule has 30 heavy (non-hydrogen) atoms. The molecular formula is C24H35N3O3. The van der Waals surface area contributed by atoms with E-state index in [1.54, 1.807) is 0 Å². The van der Waals surface area contributed by atoms with E-state index in [9.17, 15) is 9.59 Å². The second-order valence-corrected chi connectivity index (χ2v) is 8.52. The fourth-order valence-electron chi connectivity index (χ4n) is 4.65. The normalized spacial score (nSPS) is 29.3. The number of amides is 1. The summed E-state index contributed by atoms with van der Waals surface area (Å²) in [5.74, 6) is 0.0861. The third-order valence-electron chi connectivity index (χ3n) is 6.51. The van der Waals surface area contributed by atoms with Crippen molar-refractivity contribution in [1.29, 1.82) is 0 Å². The largest absolute Gasteiger partial charge is 0.466 e. The molecule has 0 aromatic heterocycles. The number of carbonyl (C=O) groups is 2. The van der Waals surface area contributed by atoms with Crippen LogP contribution in [-0.2, 0) is 14.3 Å². The van der Waals surface area contributed by atoms with E-state index in [4.69, 9.17) is 4.74 Å². The van der Waals surface area contributed by atoms with E-state index in [0.717, 1.165) is 24.8 Å². The molecule has 1 aromatic carbocycles. The lowest BCUT2D eigenvalue weighted by Crippen LogP contribution is -2.55. The number of likely N-dealkylation sites (tertiary alicyclic amines) is 1. The maximum Gasteiger partial charge on any atom is 0.314 e. The highest BCUT2D eigenvalue weighted by atomic mass is 16.5. The van der Waals surface area contributed by atoms with Crippen LogP contribution >= 0.6 is 0 Å². The number of carbonyl (C=O) groups excluding carboxylic acids is 2. The van der Waals surface area contributed by atoms with Gasteiger partial charge in [0.15, 0.2) is 0 Å². The fourth-order valence-corrected chi connectivity index (χ4v) is 4.65. The molecule has 2 aliphatic heterocycles. The molecule has 0 saturated carbocycles. The first kappa shape index (κ1) is 22.5. The van der Waals surface area contributed by atoms with Crippen LogP contribution in [0.1, 0.15) is 52.0 Å². The van der Waals surface area contributed by atoms with Gasteiger partial charge in [-0.3, -0.25) is 15.0 Å². The van der Waals surface area contributed by atoms with E-state index < -0.39 is 5.41 Å². The van der Waals surface area contributed by atoms with E-state index in [1.165, 1.54) is 0 Å². The standard InChI is InChI=1S/C24H35N3O3/c1-4-20-18(3)21(26-25-20)22(28)27-16-10-15-24(17-27,23(29)30-5-2)14-9-13-19-11-7-6-8-12-19/h6-9,11-13,18,20-21,25-26H,4-5,10,14-17H2,1-3H3/b13-9+. The quantitative estimate of drug-likeness (QED) is 0.672. The second-order valence-electron chi connectivity index (χ2n) is 8.52. The number of rotatable bonds is 7. The summed E-state index contributed by atoms with van der Waals surface area (Å²) < 4.78 is 5.46. The Balaban J connectivity index is 1.75. The molecule has 1 amide bonds. The van der Waals surface area contributed by atoms with Crippen molar-refractivity contribution in [3.05, 3.63) is 42.0 Å². The van der Waals surface area contributed by atoms with Crippen LogP contribution in [0, 0.1) is 11.3 Å². The Morgan fingerprint density at radius 1 is 1.23 bits per heavy atom. The molecule has 4 atom stereocenters. The summed E-state index contributed by atoms with van der Waals surface area (Å²) in [5, 5.41) is 0. The Bertz CT molecular complexity index is 751. The molecule has 0 bridgehead atoms. The van der Waals surface area contributed by atoms with Gasteiger partial charge >= 0.3 is 5.97 Å². The first-order valence-corrected chi connectivity index (χ1v) is 11.2. The van der Waals surface area contributed by atoms with Crippen LogP contribution in [0.15, 0.2) is 36.4 Å². The number of esters is 1. The van der Waals surface area contributed by atoms with Crippen molar-refractivity contribution < 1.29 is 14.3 Å². The number of nitrogens with one attached hydrogen (secondary N) is 2. The molecule has 0 aliphatic carbocycles. The first-order chi connectivity index (χ1) is 14.5. The van der Waals surface area contributed by atoms with E-state index >= 15 is 0 Å². The Hall–Kier alpha value is -2.18. The molecule has 6 nitrogen and oxygen atoms in total. The summed E-state index contributed by atoms with van der Waals surface area (Å²) in [6, 6.07) is 10.1. The van der Waals surface area contributed by atoms with Crippen LogP contribution < -0.4 is 10.9 Å². The first-order valence-electron chi connectivity index (χ1n) is 11.2. The van der Waals surface area contributed by atoms with Crippen LogP contribution in [-0.4, -0.2) is 48.6 Å². The summed E-state index contributed by atoms with van der Waals surface area (Å²) in [6.07, 6.45) is 7.15. The molecule has 4 unspecified atom stereocenters. The smallest absolute Gasteiger partial charge is 0.314 e. The summed E-state index contributed by atoms with van der Waals surface area (Å²) in [6.45, 7) is 7.50. The molecule has 3 rings (SSSR count). The molecule has 2 heterocycles. The van der Waals surface area contributed by atoms with Gasteiger partial charge in [0, 0.05) is 19.1 Å². The highest BCUT2D eigenvalue weighted by Crippen LogP contribution is 2.36. The molecule has 2 N–H and O–H groups in total. The minimum Gasteiger partial charge on any atom is -0.466 e. The lowest BCUT2D eigenvalue weighted by Gasteiger charge is -2.41. The number of ether oxygens (including phenoxy) is 1. The Labute approximate surface area is 180 Å². The molecule has 0 spiro atoms. The van der Waals surface area contributed by atoms with Crippen molar-refractivity contribution in [2.45, 2.75) is 58.5 Å². The highest BCUT2D eigenvalue weighted by Gasteiger charge is 2.46. The number of piperidine rings is 1. The Morgan fingerprint density at radius 3 is 2.67 bits per heavy atom. The van der Waals surface area contributed by atoms with Gasteiger partial charge in [0.2, 0.25) is 5.91 Å². The van der Waals surface area contributed by atoms with Gasteiger partial charge in [0.25, 0.3) is 0 Å². The van der Waals surface area contributed by atoms with Crippen LogP contribution in [0.4, 0.5) is 0 Å². The van der Waals surface area contributed by atoms with Crippen molar-refractivity contribution in [1.82, 2.24) is 15.8 Å². The van der Waals surface area contributed by atoms with Gasteiger partial charge in [-0.2, -0.15) is 0 Å². The average molecular weight is 414 g/mol. The number of hydrogen-bond donors (Lipinski definition) is 2. The van der Waals surface area contributed by atoms with Crippen molar-refractivity contribution >= 4 is 18.0 Å². The molecule has 2 aliphatic rings. The number of hydrogen-bond acceptors (Lipinski definition) is 5. The SMILES string of the molecule is CCOC(=O)C1(C/C=C/c2ccccc2)CCCN(C(=O)C2NNC(CC)C2C)C1. The number of hydrazine groups is 1. The van der Waals surface area contributed by atoms with Crippen LogP contribution in [0.2, 0.25) is 0 Å². The molecule has 0 radical (unpaired) electrons. The summed E-state index contributed by atoms with van der Waals surface area (Å²) >= 11 is 0. The minimum atomic E-state index is -0.686. The fraction of sp³-hybridized carbons (Fsp3) is 0.583. The molecular weight excluding hydrogens is 378 g/mol. The number of allylic oxidation sites excluding steroid dienone is 1. The van der Waals surface area contributed by atoms with Crippen LogP contribution in [0.25, 0.3) is 6.08 Å². The summed E-state index contributed by atoms with van der Waals surface area (Å²) in [4.78, 5) is 28.1. The van der Waals surface area contributed by atoms with Gasteiger partial charge in [-0.25, -0.2) is 5.43 Å². The summed E-state index contributed by atoms with van der Waals surface area (Å²) in [7, 11) is 0. The zero-order chi connectivity index (χ0) is 21.6. The lowest BCUT2D eigenvalue weighted by atomic mass is 9.76. The van der Waals surface area contributed by atoms with Gasteiger partial charge in [0.1, 0.15) is 6.04 Å². The third-order valence-corrected chi connectivity index (χ3v) is 6.51. The molecule has 6 heteroatoms. The van der Waals surface area contributed by atoms with E-state index in [2.05, 4.69) is 24.7 Å². The van der Waals surface area contributed by atoms with Crippen LogP contribution in [0.5, 0.6) is 0 Å². The summed E-state index contributed by atoms with van der Waals surface area (Å²) in [5.41, 5.74) is 6.83. The monoisotopic (exact) mass is 413 g/mol. The lowest BCUT2D eigenvalue weighted by molar-refractivity contribution is -0.161. The topological polar surface area (TPSA) is 70.7 Å². The average Bonchev–Trinajstić information content (AvgIpc) is 3.14. The van der Waals surface area contributed by atoms with Crippen LogP contribution in [0.3, 0.4) is 0 Å². The van der Waals surface area contributed by atoms with Gasteiger partial charge in [-0.1, -0.05) is 56.3 Å². The maximum atomic E-state index is 13.3. The van der Waals surface area contributed by atoms with Crippen molar-refractivity contribution in [2.75, 3.05) is 19.7 Å². The molecule has 164 valence electrons. The van der Waals surface area contributed by atoms with Crippen molar-refractivity contribution in [3.63, 3.8) is 0 Å². The van der Waals surface area contributed by atoms with Gasteiger partial charge in [-0.15, -0.1) is 0 Å². The third kappa shape index (κ3) is 4.93. The molecule has 2 saturated heterocycles. The zero-order valence-corrected chi connectivity index (χ0v) is 18.4. The zero-order valence-electron chi connectivity index (χ0n) is 18.4. The number of benzene rings is 1. The predicted molar refractivity (Wildman–Crippen MR) is 118 cm³/mol.